The van der Waals surface area contributed by atoms with Gasteiger partial charge in [-0.1, -0.05) is 95.5 Å². The average molecular weight is 376 g/mol. The van der Waals surface area contributed by atoms with Crippen LogP contribution in [0.25, 0.3) is 0 Å². The maximum Gasteiger partial charge on any atom is 0.0210 e. The number of halogens is 2. The Kier molecular flexibility index (Phi) is 9.04. The fourth-order valence-electron chi connectivity index (χ4n) is 2.29. The molecule has 0 saturated heterocycles. The topological polar surface area (TPSA) is 0 Å². The third-order valence-corrected chi connectivity index (χ3v) is 4.94. The Morgan fingerprint density at radius 3 is 2.33 bits per heavy atom. The molecule has 0 aliphatic heterocycles. The van der Waals surface area contributed by atoms with Gasteiger partial charge in [-0.15, -0.1) is 0 Å². The Morgan fingerprint density at radius 1 is 1.00 bits per heavy atom. The number of hydrogen-bond acceptors (Lipinski definition) is 0. The van der Waals surface area contributed by atoms with E-state index in [1.165, 1.54) is 55.0 Å². The van der Waals surface area contributed by atoms with Crippen molar-refractivity contribution < 1.29 is 0 Å². The van der Waals surface area contributed by atoms with Crippen LogP contribution in [0.1, 0.15) is 63.4 Å². The molecule has 0 bridgehead atoms. The van der Waals surface area contributed by atoms with Crippen LogP contribution in [-0.2, 0) is 0 Å². The molecule has 1 atom stereocenters. The van der Waals surface area contributed by atoms with Gasteiger partial charge in [0.2, 0.25) is 0 Å². The van der Waals surface area contributed by atoms with Crippen LogP contribution in [0.3, 0.4) is 0 Å². The van der Waals surface area contributed by atoms with Gasteiger partial charge in [0.15, 0.2) is 0 Å². The molecular weight excluding hydrogens is 352 g/mol. The van der Waals surface area contributed by atoms with E-state index in [1.807, 2.05) is 0 Å². The van der Waals surface area contributed by atoms with Gasteiger partial charge in [-0.2, -0.15) is 0 Å². The van der Waals surface area contributed by atoms with E-state index >= 15 is 0 Å². The lowest BCUT2D eigenvalue weighted by Crippen LogP contribution is -2.01. The summed E-state index contributed by atoms with van der Waals surface area (Å²) in [5.41, 5.74) is 1.45. The number of benzene rings is 1. The highest BCUT2D eigenvalue weighted by Gasteiger charge is 2.12. The lowest BCUT2D eigenvalue weighted by atomic mass is 9.94. The molecule has 18 heavy (non-hydrogen) atoms. The maximum atomic E-state index is 3.66. The maximum absolute atomic E-state index is 3.66. The minimum atomic E-state index is 0.645. The van der Waals surface area contributed by atoms with Gasteiger partial charge >= 0.3 is 0 Å². The third kappa shape index (κ3) is 5.88. The van der Waals surface area contributed by atoms with Crippen molar-refractivity contribution in [2.75, 3.05) is 5.33 Å². The molecule has 2 heteroatoms. The SMILES string of the molecule is CCCCCCCCC(CBr)c1ccccc1Br. The van der Waals surface area contributed by atoms with Gasteiger partial charge in [-0.05, 0) is 24.0 Å². The zero-order valence-corrected chi connectivity index (χ0v) is 14.5. The largest absolute Gasteiger partial charge is 0.0921 e. The molecule has 102 valence electrons. The third-order valence-electron chi connectivity index (χ3n) is 3.44. The van der Waals surface area contributed by atoms with Gasteiger partial charge in [-0.25, -0.2) is 0 Å². The van der Waals surface area contributed by atoms with Crippen molar-refractivity contribution in [1.82, 2.24) is 0 Å². The van der Waals surface area contributed by atoms with E-state index in [1.54, 1.807) is 0 Å². The Labute approximate surface area is 129 Å². The number of hydrogen-bond donors (Lipinski definition) is 0. The van der Waals surface area contributed by atoms with Crippen molar-refractivity contribution in [2.45, 2.75) is 57.8 Å². The summed E-state index contributed by atoms with van der Waals surface area (Å²) in [7, 11) is 0. The van der Waals surface area contributed by atoms with Gasteiger partial charge in [-0.3, -0.25) is 0 Å². The highest BCUT2D eigenvalue weighted by atomic mass is 79.9. The lowest BCUT2D eigenvalue weighted by Gasteiger charge is -2.16. The number of unbranched alkanes of at least 4 members (excludes halogenated alkanes) is 5. The molecule has 0 radical (unpaired) electrons. The van der Waals surface area contributed by atoms with E-state index in [-0.39, 0.29) is 0 Å². The quantitative estimate of drug-likeness (QED) is 0.333. The van der Waals surface area contributed by atoms with Crippen LogP contribution in [-0.4, -0.2) is 5.33 Å². The van der Waals surface area contributed by atoms with Crippen molar-refractivity contribution in [3.63, 3.8) is 0 Å². The molecule has 1 aromatic rings. The predicted molar refractivity (Wildman–Crippen MR) is 88.7 cm³/mol. The summed E-state index contributed by atoms with van der Waals surface area (Å²) >= 11 is 7.32. The molecule has 1 unspecified atom stereocenters. The summed E-state index contributed by atoms with van der Waals surface area (Å²) in [4.78, 5) is 0. The molecule has 0 aliphatic rings. The summed E-state index contributed by atoms with van der Waals surface area (Å²) in [5.74, 6) is 0.645. The van der Waals surface area contributed by atoms with E-state index in [4.69, 9.17) is 0 Å². The van der Waals surface area contributed by atoms with Crippen molar-refractivity contribution in [2.24, 2.45) is 0 Å². The first kappa shape index (κ1) is 16.2. The van der Waals surface area contributed by atoms with Crippen LogP contribution >= 0.6 is 31.9 Å². The van der Waals surface area contributed by atoms with Crippen molar-refractivity contribution in [1.29, 1.82) is 0 Å². The van der Waals surface area contributed by atoms with E-state index in [9.17, 15) is 0 Å². The van der Waals surface area contributed by atoms with Gasteiger partial charge in [0, 0.05) is 9.80 Å². The molecule has 0 N–H and O–H groups in total. The van der Waals surface area contributed by atoms with Gasteiger partial charge in [0.05, 0.1) is 0 Å². The second kappa shape index (κ2) is 10.0. The highest BCUT2D eigenvalue weighted by molar-refractivity contribution is 9.10. The van der Waals surface area contributed by atoms with Crippen LogP contribution in [0.15, 0.2) is 28.7 Å². The van der Waals surface area contributed by atoms with Gasteiger partial charge < -0.3 is 0 Å². The Morgan fingerprint density at radius 2 is 1.67 bits per heavy atom. The first-order valence-corrected chi connectivity index (χ1v) is 9.01. The van der Waals surface area contributed by atoms with Crippen LogP contribution < -0.4 is 0 Å². The van der Waals surface area contributed by atoms with Crippen LogP contribution in [0, 0.1) is 0 Å². The van der Waals surface area contributed by atoms with Gasteiger partial charge in [0.25, 0.3) is 0 Å². The van der Waals surface area contributed by atoms with Crippen LogP contribution in [0.2, 0.25) is 0 Å². The smallest absolute Gasteiger partial charge is 0.0210 e. The van der Waals surface area contributed by atoms with Crippen molar-refractivity contribution in [3.05, 3.63) is 34.3 Å². The normalized spacial score (nSPS) is 12.6. The highest BCUT2D eigenvalue weighted by Crippen LogP contribution is 2.30. The molecule has 0 nitrogen and oxygen atoms in total. The van der Waals surface area contributed by atoms with Crippen molar-refractivity contribution >= 4 is 31.9 Å². The summed E-state index contributed by atoms with van der Waals surface area (Å²) in [6.45, 7) is 2.27. The minimum Gasteiger partial charge on any atom is -0.0921 e. The zero-order valence-electron chi connectivity index (χ0n) is 11.3. The van der Waals surface area contributed by atoms with E-state index in [0.29, 0.717) is 5.92 Å². The molecule has 0 saturated carbocycles. The molecular formula is C16H24Br2. The molecule has 0 heterocycles. The molecule has 0 amide bonds. The lowest BCUT2D eigenvalue weighted by molar-refractivity contribution is 0.560. The fraction of sp³-hybridized carbons (Fsp3) is 0.625. The molecule has 0 fully saturated rings. The first-order chi connectivity index (χ1) is 8.79. The minimum absolute atomic E-state index is 0.645. The zero-order chi connectivity index (χ0) is 13.2. The second-order valence-electron chi connectivity index (χ2n) is 4.93. The standard InChI is InChI=1S/C16H24Br2/c1-2-3-4-5-6-7-10-14(13-17)15-11-8-9-12-16(15)18/h8-9,11-12,14H,2-7,10,13H2,1H3. The Hall–Kier alpha value is 0.180. The fourth-order valence-corrected chi connectivity index (χ4v) is 3.57. The summed E-state index contributed by atoms with van der Waals surface area (Å²) in [5, 5.41) is 1.06. The molecule has 0 aliphatic carbocycles. The Balaban J connectivity index is 2.32. The van der Waals surface area contributed by atoms with Crippen LogP contribution in [0.5, 0.6) is 0 Å². The molecule has 0 aromatic heterocycles. The summed E-state index contributed by atoms with van der Waals surface area (Å²) in [6, 6.07) is 8.61. The number of rotatable bonds is 9. The van der Waals surface area contributed by atoms with Gasteiger partial charge in [0.1, 0.15) is 0 Å². The molecule has 1 rings (SSSR count). The average Bonchev–Trinajstić information content (AvgIpc) is 2.39. The van der Waals surface area contributed by atoms with E-state index in [0.717, 1.165) is 5.33 Å². The monoisotopic (exact) mass is 374 g/mol. The molecule has 0 spiro atoms. The van der Waals surface area contributed by atoms with E-state index in [2.05, 4.69) is 63.0 Å². The first-order valence-electron chi connectivity index (χ1n) is 7.10. The summed E-state index contributed by atoms with van der Waals surface area (Å²) < 4.78 is 1.25. The Bertz CT molecular complexity index is 323. The van der Waals surface area contributed by atoms with Crippen LogP contribution in [0.4, 0.5) is 0 Å². The van der Waals surface area contributed by atoms with E-state index < -0.39 is 0 Å². The van der Waals surface area contributed by atoms with Crippen molar-refractivity contribution in [3.8, 4) is 0 Å². The molecule has 1 aromatic carbocycles. The summed E-state index contributed by atoms with van der Waals surface area (Å²) in [6.07, 6.45) is 9.56. The number of alkyl halides is 1. The predicted octanol–water partition coefficient (Wildman–Crippen LogP) is 6.68. The second-order valence-corrected chi connectivity index (χ2v) is 6.43.